The van der Waals surface area contributed by atoms with Gasteiger partial charge in [0.2, 0.25) is 0 Å². The molecule has 0 bridgehead atoms. The van der Waals surface area contributed by atoms with Crippen molar-refractivity contribution in [1.29, 1.82) is 0 Å². The van der Waals surface area contributed by atoms with Gasteiger partial charge < -0.3 is 9.32 Å². The van der Waals surface area contributed by atoms with Crippen molar-refractivity contribution in [2.75, 3.05) is 4.90 Å². The summed E-state index contributed by atoms with van der Waals surface area (Å²) in [6.45, 7) is 0. The number of hydrogen-bond donors (Lipinski definition) is 0. The summed E-state index contributed by atoms with van der Waals surface area (Å²) in [6, 6.07) is 71.8. The third-order valence-electron chi connectivity index (χ3n) is 10.2. The minimum atomic E-state index is 0.911. The van der Waals surface area contributed by atoms with Crippen LogP contribution in [0, 0.1) is 0 Å². The van der Waals surface area contributed by atoms with E-state index >= 15 is 0 Å². The van der Waals surface area contributed by atoms with E-state index in [0.29, 0.717) is 0 Å². The van der Waals surface area contributed by atoms with Crippen molar-refractivity contribution < 1.29 is 4.42 Å². The van der Waals surface area contributed by atoms with Crippen LogP contribution in [0.2, 0.25) is 0 Å². The molecule has 0 saturated heterocycles. The summed E-state index contributed by atoms with van der Waals surface area (Å²) in [5.41, 5.74) is 12.2. The van der Waals surface area contributed by atoms with Gasteiger partial charge in [-0.15, -0.1) is 0 Å². The van der Waals surface area contributed by atoms with Crippen molar-refractivity contribution in [1.82, 2.24) is 0 Å². The molecule has 0 saturated carbocycles. The number of rotatable bonds is 6. The Bertz CT molecular complexity index is 2890. The third kappa shape index (κ3) is 5.30. The van der Waals surface area contributed by atoms with Gasteiger partial charge in [-0.2, -0.15) is 0 Å². The van der Waals surface area contributed by atoms with Crippen LogP contribution in [0.25, 0.3) is 76.9 Å². The molecule has 10 aromatic rings. The number of furan rings is 1. The Morgan fingerprint density at radius 1 is 0.288 bits per heavy atom. The van der Waals surface area contributed by atoms with E-state index in [0.717, 1.165) is 44.6 Å². The maximum absolute atomic E-state index is 6.29. The normalized spacial score (nSPS) is 11.5. The van der Waals surface area contributed by atoms with Gasteiger partial charge in [0, 0.05) is 27.8 Å². The molecule has 0 aliphatic heterocycles. The lowest BCUT2D eigenvalue weighted by atomic mass is 9.96. The van der Waals surface area contributed by atoms with E-state index in [1.165, 1.54) is 49.4 Å². The molecule has 244 valence electrons. The quantitative estimate of drug-likeness (QED) is 0.176. The van der Waals surface area contributed by atoms with Crippen molar-refractivity contribution >= 4 is 60.5 Å². The minimum Gasteiger partial charge on any atom is -0.456 e. The first-order valence-electron chi connectivity index (χ1n) is 17.7. The van der Waals surface area contributed by atoms with Gasteiger partial charge in [-0.3, -0.25) is 0 Å². The maximum atomic E-state index is 6.29. The average Bonchev–Trinajstić information content (AvgIpc) is 3.58. The number of anilines is 3. The molecule has 9 aromatic carbocycles. The highest BCUT2D eigenvalue weighted by Gasteiger charge is 2.16. The smallest absolute Gasteiger partial charge is 0.136 e. The number of nitrogens with zero attached hydrogens (tertiary/aromatic N) is 1. The highest BCUT2D eigenvalue weighted by Crippen LogP contribution is 2.40. The fraction of sp³-hybridized carbons (Fsp3) is 0. The molecule has 52 heavy (non-hydrogen) atoms. The molecule has 10 rings (SSSR count). The van der Waals surface area contributed by atoms with Crippen LogP contribution in [0.4, 0.5) is 17.1 Å². The molecule has 0 unspecified atom stereocenters. The van der Waals surface area contributed by atoms with Crippen molar-refractivity contribution in [3.63, 3.8) is 0 Å². The molecule has 0 fully saturated rings. The number of benzene rings is 9. The van der Waals surface area contributed by atoms with Crippen LogP contribution in [0.1, 0.15) is 0 Å². The maximum Gasteiger partial charge on any atom is 0.136 e. The van der Waals surface area contributed by atoms with E-state index in [1.807, 2.05) is 12.1 Å². The van der Waals surface area contributed by atoms with E-state index in [9.17, 15) is 0 Å². The molecular weight excluding hydrogens is 631 g/mol. The van der Waals surface area contributed by atoms with Gasteiger partial charge >= 0.3 is 0 Å². The molecule has 0 amide bonds. The second-order valence-electron chi connectivity index (χ2n) is 13.4. The number of fused-ring (bicyclic) bond motifs is 5. The Labute approximate surface area is 302 Å². The van der Waals surface area contributed by atoms with Crippen LogP contribution in [-0.4, -0.2) is 0 Å². The van der Waals surface area contributed by atoms with Crippen molar-refractivity contribution in [3.05, 3.63) is 200 Å². The first-order chi connectivity index (χ1) is 25.7. The van der Waals surface area contributed by atoms with Crippen molar-refractivity contribution in [2.24, 2.45) is 0 Å². The largest absolute Gasteiger partial charge is 0.456 e. The van der Waals surface area contributed by atoms with E-state index in [4.69, 9.17) is 4.42 Å². The van der Waals surface area contributed by atoms with Crippen molar-refractivity contribution in [2.45, 2.75) is 0 Å². The fourth-order valence-electron chi connectivity index (χ4n) is 7.61. The summed E-state index contributed by atoms with van der Waals surface area (Å²) in [7, 11) is 0. The number of hydrogen-bond acceptors (Lipinski definition) is 2. The highest BCUT2D eigenvalue weighted by atomic mass is 16.3. The molecule has 0 spiro atoms. The van der Waals surface area contributed by atoms with Crippen LogP contribution < -0.4 is 4.90 Å². The molecule has 0 aliphatic carbocycles. The lowest BCUT2D eigenvalue weighted by Crippen LogP contribution is -2.10. The zero-order valence-corrected chi connectivity index (χ0v) is 28.4. The molecule has 0 aliphatic rings. The van der Waals surface area contributed by atoms with Gasteiger partial charge in [0.1, 0.15) is 11.2 Å². The molecule has 0 radical (unpaired) electrons. The Balaban J connectivity index is 1.06. The predicted molar refractivity (Wildman–Crippen MR) is 220 cm³/mol. The Hall–Kier alpha value is -6.90. The molecular formula is C50H33NO. The second-order valence-corrected chi connectivity index (χ2v) is 13.4. The van der Waals surface area contributed by atoms with Crippen LogP contribution in [0.3, 0.4) is 0 Å². The first-order valence-corrected chi connectivity index (χ1v) is 17.7. The Morgan fingerprint density at radius 3 is 1.73 bits per heavy atom. The average molecular weight is 664 g/mol. The Kier molecular flexibility index (Phi) is 7.18. The molecule has 2 nitrogen and oxygen atoms in total. The summed E-state index contributed by atoms with van der Waals surface area (Å²) in [5, 5.41) is 7.18. The van der Waals surface area contributed by atoms with Crippen LogP contribution in [0.15, 0.2) is 205 Å². The molecule has 1 heterocycles. The van der Waals surface area contributed by atoms with Crippen LogP contribution in [-0.2, 0) is 0 Å². The SMILES string of the molecule is c1ccc(-c2cccc(N(c3ccc(-c4ccc5ccccc5c4)cc3)c3ccc(-c4cccc5cc6c(cc45)oc4ccccc46)cc3)c2)cc1. The van der Waals surface area contributed by atoms with Gasteiger partial charge in [0.05, 0.1) is 0 Å². The summed E-state index contributed by atoms with van der Waals surface area (Å²) < 4.78 is 6.29. The van der Waals surface area contributed by atoms with Gasteiger partial charge in [-0.1, -0.05) is 140 Å². The van der Waals surface area contributed by atoms with E-state index in [-0.39, 0.29) is 0 Å². The monoisotopic (exact) mass is 663 g/mol. The fourth-order valence-corrected chi connectivity index (χ4v) is 7.61. The van der Waals surface area contributed by atoms with E-state index < -0.39 is 0 Å². The predicted octanol–water partition coefficient (Wildman–Crippen LogP) is 14.4. The summed E-state index contributed by atoms with van der Waals surface area (Å²) in [4.78, 5) is 2.35. The van der Waals surface area contributed by atoms with Crippen LogP contribution >= 0.6 is 0 Å². The van der Waals surface area contributed by atoms with Gasteiger partial charge in [-0.25, -0.2) is 0 Å². The standard InChI is InChI=1S/C50H33NO/c1-2-10-34(11-3-1)39-14-8-16-44(31-39)51(42-26-22-36(23-27-42)40-21-20-35-12-4-5-13-38(35)30-40)43-28-24-37(25-29-43)45-18-9-15-41-32-48-46-17-6-7-19-49(46)52-50(48)33-47(41)45/h1-33H. The van der Waals surface area contributed by atoms with Crippen molar-refractivity contribution in [3.8, 4) is 33.4 Å². The van der Waals surface area contributed by atoms with Gasteiger partial charge in [0.25, 0.3) is 0 Å². The molecule has 0 atom stereocenters. The summed E-state index contributed by atoms with van der Waals surface area (Å²) in [5.74, 6) is 0. The molecule has 1 aromatic heterocycles. The lowest BCUT2D eigenvalue weighted by molar-refractivity contribution is 0.669. The number of para-hydroxylation sites is 1. The third-order valence-corrected chi connectivity index (χ3v) is 10.2. The zero-order valence-electron chi connectivity index (χ0n) is 28.4. The van der Waals surface area contributed by atoms with E-state index in [1.54, 1.807) is 0 Å². The van der Waals surface area contributed by atoms with Gasteiger partial charge in [-0.05, 0) is 116 Å². The van der Waals surface area contributed by atoms with Gasteiger partial charge in [0.15, 0.2) is 0 Å². The lowest BCUT2D eigenvalue weighted by Gasteiger charge is -2.26. The molecule has 0 N–H and O–H groups in total. The zero-order chi connectivity index (χ0) is 34.4. The van der Waals surface area contributed by atoms with E-state index in [2.05, 4.69) is 193 Å². The summed E-state index contributed by atoms with van der Waals surface area (Å²) in [6.07, 6.45) is 0. The summed E-state index contributed by atoms with van der Waals surface area (Å²) >= 11 is 0. The Morgan fingerprint density at radius 2 is 0.904 bits per heavy atom. The topological polar surface area (TPSA) is 16.4 Å². The highest BCUT2D eigenvalue weighted by molar-refractivity contribution is 6.12. The minimum absolute atomic E-state index is 0.911. The van der Waals surface area contributed by atoms with Crippen LogP contribution in [0.5, 0.6) is 0 Å². The molecule has 2 heteroatoms. The first kappa shape index (κ1) is 30.0. The second kappa shape index (κ2) is 12.5.